The van der Waals surface area contributed by atoms with Crippen LogP contribution in [0.2, 0.25) is 0 Å². The number of aromatic nitrogens is 3. The van der Waals surface area contributed by atoms with Crippen LogP contribution >= 0.6 is 0 Å². The lowest BCUT2D eigenvalue weighted by molar-refractivity contribution is 0.797. The second kappa shape index (κ2) is 6.50. The molecule has 7 heteroatoms. The molecule has 0 amide bonds. The van der Waals surface area contributed by atoms with Gasteiger partial charge in [0.05, 0.1) is 11.6 Å². The zero-order chi connectivity index (χ0) is 19.0. The average molecular weight is 357 g/mol. The highest BCUT2D eigenvalue weighted by Gasteiger charge is 2.31. The topological polar surface area (TPSA) is 119 Å². The van der Waals surface area contributed by atoms with Crippen LogP contribution in [-0.2, 0) is 6.42 Å². The monoisotopic (exact) mass is 357 g/mol. The largest absolute Gasteiger partial charge is 0.383 e. The molecule has 4 rings (SSSR count). The number of fused-ring (bicyclic) bond motifs is 1. The molecule has 0 unspecified atom stereocenters. The van der Waals surface area contributed by atoms with Crippen LogP contribution in [0.5, 0.6) is 0 Å². The zero-order valence-electron chi connectivity index (χ0n) is 14.8. The van der Waals surface area contributed by atoms with Crippen molar-refractivity contribution in [3.63, 3.8) is 0 Å². The van der Waals surface area contributed by atoms with Gasteiger partial charge in [-0.2, -0.15) is 9.94 Å². The van der Waals surface area contributed by atoms with Crippen LogP contribution in [0.1, 0.15) is 28.3 Å². The van der Waals surface area contributed by atoms with E-state index in [4.69, 9.17) is 11.5 Å². The number of nitrogen functional groups attached to an aromatic ring is 1. The molecule has 7 nitrogen and oxygen atoms in total. The van der Waals surface area contributed by atoms with Crippen LogP contribution in [0.15, 0.2) is 54.4 Å². The molecule has 134 valence electrons. The zero-order valence-corrected chi connectivity index (χ0v) is 14.8. The van der Waals surface area contributed by atoms with Crippen molar-refractivity contribution < 1.29 is 0 Å². The van der Waals surface area contributed by atoms with E-state index in [1.54, 1.807) is 12.4 Å². The number of nitrogens with one attached hydrogen (secondary N) is 1. The number of hydrogen-bond acceptors (Lipinski definition) is 6. The summed E-state index contributed by atoms with van der Waals surface area (Å²) >= 11 is 0. The second-order valence-electron chi connectivity index (χ2n) is 6.56. The highest BCUT2D eigenvalue weighted by atomic mass is 15.4. The lowest BCUT2D eigenvalue weighted by Gasteiger charge is -2.27. The maximum Gasteiger partial charge on any atom is 0.151 e. The predicted molar refractivity (Wildman–Crippen MR) is 104 cm³/mol. The summed E-state index contributed by atoms with van der Waals surface area (Å²) in [7, 11) is 0. The lowest BCUT2D eigenvalue weighted by atomic mass is 9.98. The Bertz CT molecular complexity index is 1060. The van der Waals surface area contributed by atoms with Gasteiger partial charge in [0.2, 0.25) is 0 Å². The van der Waals surface area contributed by atoms with Crippen molar-refractivity contribution in [1.29, 1.82) is 5.26 Å². The van der Waals surface area contributed by atoms with Gasteiger partial charge in [-0.25, -0.2) is 0 Å². The normalized spacial score (nSPS) is 15.8. The quantitative estimate of drug-likeness (QED) is 0.663. The number of hydrogen-bond donors (Lipinski definition) is 3. The van der Waals surface area contributed by atoms with Crippen molar-refractivity contribution in [1.82, 2.24) is 14.8 Å². The summed E-state index contributed by atoms with van der Waals surface area (Å²) in [6.45, 7) is 2.05. The second-order valence-corrected chi connectivity index (χ2v) is 6.56. The highest BCUT2D eigenvalue weighted by molar-refractivity contribution is 5.73. The van der Waals surface area contributed by atoms with Gasteiger partial charge in [-0.15, -0.1) is 5.10 Å². The minimum absolute atomic E-state index is 0.280. The average Bonchev–Trinajstić information content (AvgIpc) is 3.00. The molecule has 1 aromatic carbocycles. The van der Waals surface area contributed by atoms with Crippen LogP contribution in [0, 0.1) is 18.3 Å². The van der Waals surface area contributed by atoms with E-state index in [9.17, 15) is 5.26 Å². The minimum Gasteiger partial charge on any atom is -0.383 e. The Morgan fingerprint density at radius 2 is 2.00 bits per heavy atom. The van der Waals surface area contributed by atoms with Crippen LogP contribution in [0.4, 0.5) is 11.6 Å². The van der Waals surface area contributed by atoms with Crippen molar-refractivity contribution in [3.8, 4) is 6.07 Å². The Labute approximate surface area is 156 Å². The van der Waals surface area contributed by atoms with E-state index in [-0.39, 0.29) is 5.82 Å². The first-order valence-electron chi connectivity index (χ1n) is 8.58. The van der Waals surface area contributed by atoms with Crippen LogP contribution in [0.25, 0.3) is 5.82 Å². The van der Waals surface area contributed by atoms with Crippen molar-refractivity contribution >= 4 is 17.5 Å². The smallest absolute Gasteiger partial charge is 0.151 e. The maximum absolute atomic E-state index is 9.64. The lowest BCUT2D eigenvalue weighted by Crippen LogP contribution is -2.27. The van der Waals surface area contributed by atoms with E-state index in [1.165, 1.54) is 10.2 Å². The summed E-state index contributed by atoms with van der Waals surface area (Å²) in [4.78, 5) is 4.15. The van der Waals surface area contributed by atoms with Crippen molar-refractivity contribution in [2.24, 2.45) is 5.73 Å². The molecule has 27 heavy (non-hydrogen) atoms. The Hall–Kier alpha value is -3.79. The molecule has 3 heterocycles. The first kappa shape index (κ1) is 16.7. The molecule has 0 spiro atoms. The van der Waals surface area contributed by atoms with Gasteiger partial charge in [0, 0.05) is 24.4 Å². The van der Waals surface area contributed by atoms with E-state index in [1.807, 2.05) is 12.1 Å². The number of anilines is 2. The van der Waals surface area contributed by atoms with Crippen LogP contribution in [-0.4, -0.2) is 14.8 Å². The first-order chi connectivity index (χ1) is 13.1. The summed E-state index contributed by atoms with van der Waals surface area (Å²) in [5.41, 5.74) is 16.9. The standard InChI is InChI=1S/C20H19N7/c1-12-4-6-13(7-5-12)9-15-18(22)26-27-19(23)16(10-21)17(25-20(15)27)14-3-2-8-24-11-14/h2-8,11,17,25H,9,23H2,1H3,(H2,22,26)/t17-/m1/s1. The van der Waals surface area contributed by atoms with E-state index in [0.29, 0.717) is 23.6 Å². The predicted octanol–water partition coefficient (Wildman–Crippen LogP) is 2.58. The van der Waals surface area contributed by atoms with Crippen LogP contribution in [0.3, 0.4) is 0 Å². The molecule has 0 saturated carbocycles. The van der Waals surface area contributed by atoms with E-state index >= 15 is 0 Å². The number of nitrogens with two attached hydrogens (primary N) is 2. The molecular weight excluding hydrogens is 338 g/mol. The fourth-order valence-corrected chi connectivity index (χ4v) is 3.26. The molecule has 2 aromatic heterocycles. The molecule has 0 saturated heterocycles. The van der Waals surface area contributed by atoms with Gasteiger partial charge in [-0.3, -0.25) is 4.98 Å². The third-order valence-electron chi connectivity index (χ3n) is 4.73. The molecule has 5 N–H and O–H groups in total. The number of nitriles is 1. The highest BCUT2D eigenvalue weighted by Crippen LogP contribution is 2.37. The molecule has 0 aliphatic carbocycles. The Balaban J connectivity index is 1.79. The summed E-state index contributed by atoms with van der Waals surface area (Å²) in [6.07, 6.45) is 4.02. The summed E-state index contributed by atoms with van der Waals surface area (Å²) in [5, 5.41) is 17.4. The number of rotatable bonds is 3. The molecule has 1 atom stereocenters. The van der Waals surface area contributed by atoms with E-state index in [0.717, 1.165) is 16.7 Å². The van der Waals surface area contributed by atoms with Gasteiger partial charge in [0.25, 0.3) is 0 Å². The van der Waals surface area contributed by atoms with Crippen LogP contribution < -0.4 is 16.8 Å². The number of aryl methyl sites for hydroxylation is 1. The Morgan fingerprint density at radius 3 is 2.67 bits per heavy atom. The summed E-state index contributed by atoms with van der Waals surface area (Å²) in [6, 6.07) is 13.8. The fourth-order valence-electron chi connectivity index (χ4n) is 3.26. The first-order valence-corrected chi connectivity index (χ1v) is 8.58. The number of nitrogens with zero attached hydrogens (tertiary/aromatic N) is 4. The molecule has 1 aliphatic heterocycles. The molecule has 3 aromatic rings. The molecule has 0 bridgehead atoms. The van der Waals surface area contributed by atoms with Gasteiger partial charge in [0.15, 0.2) is 5.82 Å². The molecular formula is C20H19N7. The maximum atomic E-state index is 9.64. The van der Waals surface area contributed by atoms with Gasteiger partial charge in [-0.05, 0) is 24.1 Å². The summed E-state index contributed by atoms with van der Waals surface area (Å²) in [5.74, 6) is 1.38. The number of benzene rings is 1. The third-order valence-corrected chi connectivity index (χ3v) is 4.73. The van der Waals surface area contributed by atoms with Crippen molar-refractivity contribution in [2.75, 3.05) is 11.1 Å². The Morgan fingerprint density at radius 1 is 1.22 bits per heavy atom. The van der Waals surface area contributed by atoms with E-state index < -0.39 is 6.04 Å². The number of pyridine rings is 1. The molecule has 1 aliphatic rings. The fraction of sp³-hybridized carbons (Fsp3) is 0.150. The summed E-state index contributed by atoms with van der Waals surface area (Å²) < 4.78 is 1.52. The molecule has 0 radical (unpaired) electrons. The minimum atomic E-state index is -0.399. The SMILES string of the molecule is Cc1ccc(Cc2c(N)nn3c2N[C@H](c2cccnc2)C(C#N)=C3N)cc1. The van der Waals surface area contributed by atoms with Gasteiger partial charge >= 0.3 is 0 Å². The van der Waals surface area contributed by atoms with E-state index in [2.05, 4.69) is 52.7 Å². The van der Waals surface area contributed by atoms with Gasteiger partial charge < -0.3 is 16.8 Å². The molecule has 0 fully saturated rings. The van der Waals surface area contributed by atoms with Crippen molar-refractivity contribution in [2.45, 2.75) is 19.4 Å². The van der Waals surface area contributed by atoms with Gasteiger partial charge in [-0.1, -0.05) is 35.9 Å². The third kappa shape index (κ3) is 2.87. The van der Waals surface area contributed by atoms with Gasteiger partial charge in [0.1, 0.15) is 17.7 Å². The Kier molecular flexibility index (Phi) is 4.01. The van der Waals surface area contributed by atoms with Crippen molar-refractivity contribution in [3.05, 3.63) is 76.6 Å².